The quantitative estimate of drug-likeness (QED) is 0.438. The number of fused-ring (bicyclic) bond motifs is 1. The van der Waals surface area contributed by atoms with Crippen LogP contribution in [-0.4, -0.2) is 39.2 Å². The first-order chi connectivity index (χ1) is 18.3. The minimum Gasteiger partial charge on any atom is -0.448 e. The molecule has 206 valence electrons. The predicted molar refractivity (Wildman–Crippen MR) is 128 cm³/mol. The molecule has 39 heavy (non-hydrogen) atoms. The fraction of sp³-hybridized carbons (Fsp3) is 0.308. The largest absolute Gasteiger partial charge is 0.448 e. The van der Waals surface area contributed by atoms with E-state index in [9.17, 15) is 36.3 Å². The van der Waals surface area contributed by atoms with Crippen LogP contribution in [0.3, 0.4) is 0 Å². The third-order valence-electron chi connectivity index (χ3n) is 6.39. The SMILES string of the molecule is CCOC(=O)n1nc2c(c1NC(=O)c1ccccc1C(F)(F)F)CN(C(=O)Cc1c(F)cccc1F)C2(C)C. The molecule has 0 unspecified atom stereocenters. The maximum Gasteiger partial charge on any atom is 0.436 e. The molecule has 0 spiro atoms. The molecule has 2 heterocycles. The van der Waals surface area contributed by atoms with Crippen LogP contribution in [0.1, 0.15) is 53.5 Å². The van der Waals surface area contributed by atoms with Gasteiger partial charge in [0.15, 0.2) is 0 Å². The van der Waals surface area contributed by atoms with Crippen LogP contribution in [0.4, 0.5) is 32.6 Å². The number of benzene rings is 2. The van der Waals surface area contributed by atoms with Gasteiger partial charge in [0.1, 0.15) is 17.5 Å². The molecule has 0 radical (unpaired) electrons. The zero-order chi connectivity index (χ0) is 28.7. The molecule has 1 aromatic heterocycles. The van der Waals surface area contributed by atoms with Gasteiger partial charge in [-0.25, -0.2) is 13.6 Å². The van der Waals surface area contributed by atoms with Gasteiger partial charge in [-0.1, -0.05) is 18.2 Å². The molecule has 0 fully saturated rings. The standard InChI is InChI=1S/C26H23F5N4O4/c1-4-39-24(38)35-22(32-23(37)14-8-5-6-9-17(14)26(29,30)31)16-13-34(25(2,3)21(16)33-35)20(36)12-15-18(27)10-7-11-19(15)28/h5-11H,4,12-13H2,1-3H3,(H,32,37). The summed E-state index contributed by atoms with van der Waals surface area (Å²) in [7, 11) is 0. The number of nitrogens with one attached hydrogen (secondary N) is 1. The number of ether oxygens (including phenoxy) is 1. The summed E-state index contributed by atoms with van der Waals surface area (Å²) in [4.78, 5) is 40.1. The summed E-state index contributed by atoms with van der Waals surface area (Å²) in [6, 6.07) is 7.31. The van der Waals surface area contributed by atoms with Crippen molar-refractivity contribution in [3.63, 3.8) is 0 Å². The van der Waals surface area contributed by atoms with E-state index in [1.807, 2.05) is 0 Å². The first-order valence-electron chi connectivity index (χ1n) is 11.8. The molecule has 0 aliphatic carbocycles. The number of amides is 2. The summed E-state index contributed by atoms with van der Waals surface area (Å²) in [6.45, 7) is 4.35. The Bertz CT molecular complexity index is 1440. The number of alkyl halides is 3. The lowest BCUT2D eigenvalue weighted by Crippen LogP contribution is -2.42. The fourth-order valence-corrected chi connectivity index (χ4v) is 4.47. The summed E-state index contributed by atoms with van der Waals surface area (Å²) >= 11 is 0. The van der Waals surface area contributed by atoms with Crippen molar-refractivity contribution >= 4 is 23.7 Å². The van der Waals surface area contributed by atoms with Crippen LogP contribution in [0, 0.1) is 11.6 Å². The number of aromatic nitrogens is 2. The van der Waals surface area contributed by atoms with Crippen molar-refractivity contribution < 1.29 is 41.1 Å². The molecule has 8 nitrogen and oxygen atoms in total. The lowest BCUT2D eigenvalue weighted by atomic mass is 9.99. The number of carbonyl (C=O) groups is 3. The summed E-state index contributed by atoms with van der Waals surface area (Å²) in [5, 5.41) is 6.54. The highest BCUT2D eigenvalue weighted by Gasteiger charge is 2.46. The van der Waals surface area contributed by atoms with Crippen LogP contribution in [0.25, 0.3) is 0 Å². The zero-order valence-electron chi connectivity index (χ0n) is 21.0. The number of hydrogen-bond donors (Lipinski definition) is 1. The molecule has 1 aliphatic heterocycles. The summed E-state index contributed by atoms with van der Waals surface area (Å²) in [6.07, 6.45) is -6.46. The second-order valence-electron chi connectivity index (χ2n) is 9.20. The van der Waals surface area contributed by atoms with E-state index in [-0.39, 0.29) is 30.2 Å². The number of rotatable bonds is 5. The molecule has 0 atom stereocenters. The van der Waals surface area contributed by atoms with Gasteiger partial charge in [-0.05, 0) is 45.0 Å². The lowest BCUT2D eigenvalue weighted by molar-refractivity contribution is -0.138. The van der Waals surface area contributed by atoms with Crippen molar-refractivity contribution in [1.29, 1.82) is 0 Å². The normalized spacial score (nSPS) is 14.2. The van der Waals surface area contributed by atoms with Crippen molar-refractivity contribution in [2.75, 3.05) is 11.9 Å². The Morgan fingerprint density at radius 2 is 1.69 bits per heavy atom. The van der Waals surface area contributed by atoms with Crippen LogP contribution in [0.2, 0.25) is 0 Å². The number of halogens is 5. The van der Waals surface area contributed by atoms with E-state index >= 15 is 0 Å². The Balaban J connectivity index is 1.73. The highest BCUT2D eigenvalue weighted by atomic mass is 19.4. The Morgan fingerprint density at radius 3 is 2.31 bits per heavy atom. The predicted octanol–water partition coefficient (Wildman–Crippen LogP) is 5.26. The van der Waals surface area contributed by atoms with E-state index in [0.29, 0.717) is 4.68 Å². The van der Waals surface area contributed by atoms with Crippen molar-refractivity contribution in [2.45, 2.75) is 45.5 Å². The summed E-state index contributed by atoms with van der Waals surface area (Å²) in [5.74, 6) is -3.94. The lowest BCUT2D eigenvalue weighted by Gasteiger charge is -2.32. The van der Waals surface area contributed by atoms with Gasteiger partial charge in [0.25, 0.3) is 5.91 Å². The molecule has 3 aromatic rings. The Labute approximate surface area is 219 Å². The molecule has 2 aromatic carbocycles. The van der Waals surface area contributed by atoms with Gasteiger partial charge in [0, 0.05) is 11.1 Å². The third-order valence-corrected chi connectivity index (χ3v) is 6.39. The second kappa shape index (κ2) is 10.1. The van der Waals surface area contributed by atoms with Gasteiger partial charge >= 0.3 is 12.3 Å². The minimum absolute atomic E-state index is 0.0597. The zero-order valence-corrected chi connectivity index (χ0v) is 21.0. The molecule has 0 saturated heterocycles. The Morgan fingerprint density at radius 1 is 1.05 bits per heavy atom. The molecular formula is C26H23F5N4O4. The van der Waals surface area contributed by atoms with Crippen molar-refractivity contribution in [1.82, 2.24) is 14.7 Å². The van der Waals surface area contributed by atoms with Crippen molar-refractivity contribution in [3.05, 3.63) is 82.0 Å². The first-order valence-corrected chi connectivity index (χ1v) is 11.8. The number of carbonyl (C=O) groups excluding carboxylic acids is 3. The van der Waals surface area contributed by atoms with Crippen LogP contribution >= 0.6 is 0 Å². The molecule has 1 N–H and O–H groups in total. The molecular weight excluding hydrogens is 527 g/mol. The molecule has 1 aliphatic rings. The van der Waals surface area contributed by atoms with Gasteiger partial charge in [-0.3, -0.25) is 9.59 Å². The van der Waals surface area contributed by atoms with Crippen molar-refractivity contribution in [3.8, 4) is 0 Å². The smallest absolute Gasteiger partial charge is 0.436 e. The van der Waals surface area contributed by atoms with Gasteiger partial charge in [-0.2, -0.15) is 18.3 Å². The van der Waals surface area contributed by atoms with Gasteiger partial charge in [0.2, 0.25) is 5.91 Å². The topological polar surface area (TPSA) is 93.5 Å². The Hall–Kier alpha value is -4.29. The molecule has 4 rings (SSSR count). The maximum absolute atomic E-state index is 14.2. The van der Waals surface area contributed by atoms with E-state index < -0.39 is 64.4 Å². The van der Waals surface area contributed by atoms with E-state index in [1.54, 1.807) is 13.8 Å². The number of nitrogens with zero attached hydrogens (tertiary/aromatic N) is 3. The van der Waals surface area contributed by atoms with E-state index in [2.05, 4.69) is 10.4 Å². The van der Waals surface area contributed by atoms with Gasteiger partial charge < -0.3 is 15.0 Å². The summed E-state index contributed by atoms with van der Waals surface area (Å²) in [5.41, 5.74) is -3.24. The number of hydrogen-bond acceptors (Lipinski definition) is 5. The monoisotopic (exact) mass is 550 g/mol. The summed E-state index contributed by atoms with van der Waals surface area (Å²) < 4.78 is 74.6. The van der Waals surface area contributed by atoms with Crippen LogP contribution in [0.5, 0.6) is 0 Å². The third kappa shape index (κ3) is 5.08. The maximum atomic E-state index is 14.2. The van der Waals surface area contributed by atoms with Crippen LogP contribution < -0.4 is 5.32 Å². The van der Waals surface area contributed by atoms with Crippen molar-refractivity contribution in [2.24, 2.45) is 0 Å². The van der Waals surface area contributed by atoms with E-state index in [0.717, 1.165) is 36.4 Å². The van der Waals surface area contributed by atoms with Gasteiger partial charge in [0.05, 0.1) is 41.9 Å². The first kappa shape index (κ1) is 27.7. The number of anilines is 1. The van der Waals surface area contributed by atoms with Crippen LogP contribution in [0.15, 0.2) is 42.5 Å². The molecule has 0 saturated carbocycles. The highest BCUT2D eigenvalue weighted by Crippen LogP contribution is 2.42. The highest BCUT2D eigenvalue weighted by molar-refractivity contribution is 6.06. The molecule has 2 amide bonds. The minimum atomic E-state index is -4.83. The van der Waals surface area contributed by atoms with E-state index in [4.69, 9.17) is 4.74 Å². The average molecular weight is 550 g/mol. The Kier molecular flexibility index (Phi) is 7.19. The fourth-order valence-electron chi connectivity index (χ4n) is 4.47. The van der Waals surface area contributed by atoms with E-state index in [1.165, 1.54) is 17.9 Å². The average Bonchev–Trinajstić information content (AvgIpc) is 3.35. The van der Waals surface area contributed by atoms with Gasteiger partial charge in [-0.15, -0.1) is 4.68 Å². The molecule has 0 bridgehead atoms. The molecule has 13 heteroatoms. The van der Waals surface area contributed by atoms with Crippen LogP contribution in [-0.2, 0) is 34.2 Å². The second-order valence-corrected chi connectivity index (χ2v) is 9.20.